The van der Waals surface area contributed by atoms with E-state index in [2.05, 4.69) is 20.6 Å². The van der Waals surface area contributed by atoms with Crippen LogP contribution < -0.4 is 10.6 Å². The number of likely N-dealkylation sites (tertiary alicyclic amines) is 2. The Labute approximate surface area is 355 Å². The molecule has 2 saturated heterocycles. The number of methoxy groups -OCH3 is 2. The third-order valence-electron chi connectivity index (χ3n) is 11.9. The second-order valence-electron chi connectivity index (χ2n) is 16.7. The highest BCUT2D eigenvalue weighted by Crippen LogP contribution is 2.41. The molecule has 2 fully saturated rings. The lowest BCUT2D eigenvalue weighted by atomic mass is 10.00. The number of aromatic amines is 2. The third kappa shape index (κ3) is 8.90. The van der Waals surface area contributed by atoms with Crippen molar-refractivity contribution in [2.45, 2.75) is 77.6 Å². The molecule has 18 heteroatoms. The van der Waals surface area contributed by atoms with Crippen LogP contribution in [0.3, 0.4) is 0 Å². The van der Waals surface area contributed by atoms with Gasteiger partial charge >= 0.3 is 12.2 Å². The summed E-state index contributed by atoms with van der Waals surface area (Å²) in [5.74, 6) is -3.04. The Morgan fingerprint density at radius 1 is 0.613 bits per heavy atom. The smallest absolute Gasteiger partial charge is 0.407 e. The van der Waals surface area contributed by atoms with Crippen LogP contribution in [0.15, 0.2) is 60.7 Å². The standard InChI is InChI=1S/C44H50F4N8O6/c1-21(2)35(53-43(59)61-5)41(57)55-19-27(37(45)46)17-33(55)39-49-29-13-11-25(15-31(29)51-39)23-7-9-24(10-8-23)26-12-14-30-32(16-26)52-40(50-30)34-18-28(38(47)48)20-56(34)42(58)36(22(3)4)54-44(60)62-6/h7-16,21-22,27-28,33-38H,17-20H2,1-6H3,(H,49,51)(H,50,52)(H,53,59)(H,54,60)/t27-,28-,33-,34-,35-,36-/m0/s1. The van der Waals surface area contributed by atoms with Gasteiger partial charge in [0, 0.05) is 24.9 Å². The van der Waals surface area contributed by atoms with Crippen molar-refractivity contribution in [1.29, 1.82) is 0 Å². The number of imidazole rings is 2. The molecular formula is C44H50F4N8O6. The van der Waals surface area contributed by atoms with E-state index in [9.17, 15) is 36.7 Å². The SMILES string of the molecule is COC(=O)N[C@H](C(=O)N1C[C@@H](C(F)F)C[C@H]1c1nc2ccc(-c3ccc(-c4ccc5nc([C@@H]6C[C@H](C(F)F)CN6C(=O)[C@@H](NC(=O)OC)C(C)C)[nH]c5c4)cc3)cc2[nH]1)C(C)C. The fourth-order valence-corrected chi connectivity index (χ4v) is 8.45. The lowest BCUT2D eigenvalue weighted by Gasteiger charge is -2.30. The van der Waals surface area contributed by atoms with Crippen molar-refractivity contribution < 1.29 is 46.2 Å². The van der Waals surface area contributed by atoms with Crippen LogP contribution in [0.1, 0.15) is 64.3 Å². The van der Waals surface area contributed by atoms with Crippen molar-refractivity contribution in [1.82, 2.24) is 40.4 Å². The molecule has 4 amide bonds. The summed E-state index contributed by atoms with van der Waals surface area (Å²) < 4.78 is 65.6. The van der Waals surface area contributed by atoms with Crippen LogP contribution in [0.4, 0.5) is 27.2 Å². The number of fused-ring (bicyclic) bond motifs is 2. The van der Waals surface area contributed by atoms with Crippen molar-refractivity contribution >= 4 is 46.1 Å². The highest BCUT2D eigenvalue weighted by Gasteiger charge is 2.46. The Kier molecular flexibility index (Phi) is 12.8. The number of alkyl halides is 4. The number of rotatable bonds is 12. The van der Waals surface area contributed by atoms with Crippen molar-refractivity contribution in [2.24, 2.45) is 23.7 Å². The summed E-state index contributed by atoms with van der Waals surface area (Å²) in [5.41, 5.74) is 6.01. The molecule has 330 valence electrons. The highest BCUT2D eigenvalue weighted by atomic mass is 19.3. The largest absolute Gasteiger partial charge is 0.453 e. The number of H-pyrrole nitrogens is 2. The molecule has 0 spiro atoms. The average Bonchev–Trinajstić information content (AvgIpc) is 4.07. The Morgan fingerprint density at radius 3 is 1.29 bits per heavy atom. The molecule has 7 rings (SSSR count). The van der Waals surface area contributed by atoms with E-state index in [1.165, 1.54) is 24.0 Å². The molecule has 6 atom stereocenters. The van der Waals surface area contributed by atoms with Crippen LogP contribution in [0.5, 0.6) is 0 Å². The Hall–Kier alpha value is -6.20. The van der Waals surface area contributed by atoms with Crippen LogP contribution in [-0.4, -0.2) is 106 Å². The number of hydrogen-bond donors (Lipinski definition) is 4. The molecule has 14 nitrogen and oxygen atoms in total. The van der Waals surface area contributed by atoms with Gasteiger partial charge in [-0.25, -0.2) is 37.1 Å². The normalized spacial score (nSPS) is 20.2. The maximum absolute atomic E-state index is 14.0. The Bertz CT molecular complexity index is 2270. The average molecular weight is 863 g/mol. The number of aromatic nitrogens is 4. The van der Waals surface area contributed by atoms with E-state index in [1.54, 1.807) is 27.7 Å². The van der Waals surface area contributed by atoms with Gasteiger partial charge in [-0.2, -0.15) is 0 Å². The molecule has 2 aromatic heterocycles. The van der Waals surface area contributed by atoms with Gasteiger partial charge in [0.2, 0.25) is 24.7 Å². The quantitative estimate of drug-likeness (QED) is 0.0918. The van der Waals surface area contributed by atoms with Gasteiger partial charge in [0.25, 0.3) is 0 Å². The maximum atomic E-state index is 14.0. The van der Waals surface area contributed by atoms with Crippen molar-refractivity contribution in [3.63, 3.8) is 0 Å². The van der Waals surface area contributed by atoms with Crippen molar-refractivity contribution in [2.75, 3.05) is 27.3 Å². The summed E-state index contributed by atoms with van der Waals surface area (Å²) in [5, 5.41) is 5.09. The van der Waals surface area contributed by atoms with Gasteiger partial charge in [0.05, 0.1) is 48.4 Å². The number of amides is 4. The predicted molar refractivity (Wildman–Crippen MR) is 222 cm³/mol. The van der Waals surface area contributed by atoms with Gasteiger partial charge in [-0.3, -0.25) is 9.59 Å². The predicted octanol–water partition coefficient (Wildman–Crippen LogP) is 7.84. The number of hydrogen-bond acceptors (Lipinski definition) is 8. The molecule has 0 bridgehead atoms. The van der Waals surface area contributed by atoms with Gasteiger partial charge in [0.1, 0.15) is 23.7 Å². The first-order valence-corrected chi connectivity index (χ1v) is 20.5. The summed E-state index contributed by atoms with van der Waals surface area (Å²) >= 11 is 0. The summed E-state index contributed by atoms with van der Waals surface area (Å²) in [6.45, 7) is 6.63. The number of halogens is 4. The van der Waals surface area contributed by atoms with Gasteiger partial charge < -0.3 is 39.9 Å². The minimum atomic E-state index is -2.65. The zero-order valence-electron chi connectivity index (χ0n) is 35.1. The first-order chi connectivity index (χ1) is 29.6. The number of ether oxygens (including phenoxy) is 2. The second kappa shape index (κ2) is 18.0. The molecule has 0 unspecified atom stereocenters. The van der Waals surface area contributed by atoms with E-state index in [-0.39, 0.29) is 37.8 Å². The van der Waals surface area contributed by atoms with E-state index >= 15 is 0 Å². The van der Waals surface area contributed by atoms with Gasteiger partial charge in [-0.15, -0.1) is 0 Å². The second-order valence-corrected chi connectivity index (χ2v) is 16.7. The molecular weight excluding hydrogens is 813 g/mol. The first kappa shape index (κ1) is 43.9. The lowest BCUT2D eigenvalue weighted by Crippen LogP contribution is -2.51. The first-order valence-electron chi connectivity index (χ1n) is 20.5. The number of carbonyl (C=O) groups excluding carboxylic acids is 4. The zero-order valence-corrected chi connectivity index (χ0v) is 35.1. The highest BCUT2D eigenvalue weighted by molar-refractivity contribution is 5.88. The van der Waals surface area contributed by atoms with Crippen LogP contribution >= 0.6 is 0 Å². The number of benzene rings is 3. The minimum Gasteiger partial charge on any atom is -0.453 e. The molecule has 5 aromatic rings. The zero-order chi connectivity index (χ0) is 44.6. The molecule has 0 aliphatic carbocycles. The van der Waals surface area contributed by atoms with E-state index in [1.807, 2.05) is 60.7 Å². The van der Waals surface area contributed by atoms with E-state index in [0.29, 0.717) is 33.7 Å². The Morgan fingerprint density at radius 2 is 0.968 bits per heavy atom. The monoisotopic (exact) mass is 862 g/mol. The molecule has 0 saturated carbocycles. The summed E-state index contributed by atoms with van der Waals surface area (Å²) in [7, 11) is 2.37. The van der Waals surface area contributed by atoms with E-state index < -0.39 is 72.9 Å². The van der Waals surface area contributed by atoms with Crippen LogP contribution in [0, 0.1) is 23.7 Å². The molecule has 62 heavy (non-hydrogen) atoms. The number of nitrogens with zero attached hydrogens (tertiary/aromatic N) is 4. The lowest BCUT2D eigenvalue weighted by molar-refractivity contribution is -0.136. The molecule has 3 aromatic carbocycles. The Balaban J connectivity index is 1.10. The maximum Gasteiger partial charge on any atom is 0.407 e. The molecule has 2 aliphatic heterocycles. The topological polar surface area (TPSA) is 175 Å². The van der Waals surface area contributed by atoms with Crippen molar-refractivity contribution in [3.05, 3.63) is 72.3 Å². The number of nitrogens with one attached hydrogen (secondary N) is 4. The van der Waals surface area contributed by atoms with Gasteiger partial charge in [-0.1, -0.05) is 64.1 Å². The molecule has 0 radical (unpaired) electrons. The van der Waals surface area contributed by atoms with Crippen LogP contribution in [0.25, 0.3) is 44.3 Å². The number of carbonyl (C=O) groups is 4. The van der Waals surface area contributed by atoms with Gasteiger partial charge in [-0.05, 0) is 71.2 Å². The van der Waals surface area contributed by atoms with Crippen molar-refractivity contribution in [3.8, 4) is 22.3 Å². The molecule has 2 aliphatic rings. The fraction of sp³-hybridized carbons (Fsp3) is 0.455. The molecule has 4 N–H and O–H groups in total. The van der Waals surface area contributed by atoms with E-state index in [0.717, 1.165) is 22.3 Å². The van der Waals surface area contributed by atoms with Gasteiger partial charge in [0.15, 0.2) is 0 Å². The summed E-state index contributed by atoms with van der Waals surface area (Å²) in [4.78, 5) is 70.3. The van der Waals surface area contributed by atoms with Crippen LogP contribution in [0.2, 0.25) is 0 Å². The van der Waals surface area contributed by atoms with E-state index in [4.69, 9.17) is 19.4 Å². The third-order valence-corrected chi connectivity index (χ3v) is 11.9. The minimum absolute atomic E-state index is 0.000963. The van der Waals surface area contributed by atoms with Crippen LogP contribution in [-0.2, 0) is 19.1 Å². The fourth-order valence-electron chi connectivity index (χ4n) is 8.45. The number of alkyl carbamates (subject to hydrolysis) is 2. The summed E-state index contributed by atoms with van der Waals surface area (Å²) in [6.07, 6.45) is -6.88. The summed E-state index contributed by atoms with van der Waals surface area (Å²) in [6, 6.07) is 15.6. The molecule has 4 heterocycles.